The van der Waals surface area contributed by atoms with Crippen molar-refractivity contribution >= 4 is 65.4 Å². The van der Waals surface area contributed by atoms with E-state index in [-0.39, 0.29) is 0 Å². The quantitative estimate of drug-likeness (QED) is 0.128. The molecule has 0 unspecified atom stereocenters. The van der Waals surface area contributed by atoms with Crippen molar-refractivity contribution in [2.45, 2.75) is 0 Å². The summed E-state index contributed by atoms with van der Waals surface area (Å²) in [5.41, 5.74) is 17.7. The number of fused-ring (bicyclic) bond motifs is 9. The highest BCUT2D eigenvalue weighted by Gasteiger charge is 2.33. The van der Waals surface area contributed by atoms with E-state index in [1.165, 1.54) is 0 Å². The number of aromatic nitrogens is 9. The predicted molar refractivity (Wildman–Crippen MR) is 380 cm³/mol. The maximum atomic E-state index is 5.86. The second-order valence-corrected chi connectivity index (χ2v) is 23.4. The lowest BCUT2D eigenvalue weighted by atomic mass is 9.98. The highest BCUT2D eigenvalue weighted by Crippen LogP contribution is 2.50. The van der Waals surface area contributed by atoms with Gasteiger partial charge >= 0.3 is 0 Å². The van der Waals surface area contributed by atoms with Gasteiger partial charge in [-0.1, -0.05) is 267 Å². The van der Waals surface area contributed by atoms with Crippen molar-refractivity contribution in [3.63, 3.8) is 0 Å². The molecule has 5 heterocycles. The minimum absolute atomic E-state index is 0.442. The topological polar surface area (TPSA) is 92.1 Å². The van der Waals surface area contributed by atoms with E-state index in [2.05, 4.69) is 262 Å². The summed E-state index contributed by atoms with van der Waals surface area (Å²) in [7, 11) is 0. The third kappa shape index (κ3) is 9.01. The molecule has 9 nitrogen and oxygen atoms in total. The lowest BCUT2D eigenvalue weighted by Gasteiger charge is -2.26. The van der Waals surface area contributed by atoms with Gasteiger partial charge < -0.3 is 13.7 Å². The molecule has 0 fully saturated rings. The van der Waals surface area contributed by atoms with Crippen molar-refractivity contribution < 1.29 is 0 Å². The Bertz CT molecular complexity index is 5740. The smallest absolute Gasteiger partial charge is 0.168 e. The van der Waals surface area contributed by atoms with Gasteiger partial charge in [0.05, 0.1) is 55.7 Å². The fourth-order valence-corrected chi connectivity index (χ4v) is 13.7. The van der Waals surface area contributed by atoms with Gasteiger partial charge in [0.1, 0.15) is 0 Å². The number of para-hydroxylation sites is 4. The molecule has 0 bridgehead atoms. The van der Waals surface area contributed by atoms with E-state index < -0.39 is 0 Å². The molecule has 0 N–H and O–H groups in total. The second-order valence-electron chi connectivity index (χ2n) is 23.4. The molecule has 18 rings (SSSR count). The first-order valence-corrected chi connectivity index (χ1v) is 31.3. The van der Waals surface area contributed by atoms with Crippen LogP contribution in [-0.4, -0.2) is 43.6 Å². The van der Waals surface area contributed by atoms with E-state index in [0.29, 0.717) is 40.5 Å². The van der Waals surface area contributed by atoms with Gasteiger partial charge in [0, 0.05) is 60.1 Å². The molecule has 18 aromatic rings. The molecule has 0 saturated carbocycles. The van der Waals surface area contributed by atoms with E-state index in [1.54, 1.807) is 0 Å². The van der Waals surface area contributed by atoms with Crippen molar-refractivity contribution in [3.05, 3.63) is 322 Å². The molecule has 0 spiro atoms. The van der Waals surface area contributed by atoms with Gasteiger partial charge in [-0.15, -0.1) is 0 Å². The molecular weight excluding hydrogens is 1130 g/mol. The van der Waals surface area contributed by atoms with Crippen LogP contribution in [0.1, 0.15) is 0 Å². The van der Waals surface area contributed by atoms with Crippen LogP contribution >= 0.6 is 0 Å². The summed E-state index contributed by atoms with van der Waals surface area (Å²) < 4.78 is 7.33. The third-order valence-electron chi connectivity index (χ3n) is 17.9. The number of benzene rings is 13. The van der Waals surface area contributed by atoms with Crippen molar-refractivity contribution in [3.8, 4) is 108 Å². The van der Waals surface area contributed by atoms with Crippen molar-refractivity contribution in [2.24, 2.45) is 0 Å². The maximum absolute atomic E-state index is 5.86. The first-order valence-electron chi connectivity index (χ1n) is 31.3. The van der Waals surface area contributed by atoms with Gasteiger partial charge in [-0.05, 0) is 76.9 Å². The third-order valence-corrected chi connectivity index (χ3v) is 17.9. The zero-order chi connectivity index (χ0) is 61.3. The number of hydrogen-bond donors (Lipinski definition) is 0. The molecule has 0 atom stereocenters. The van der Waals surface area contributed by atoms with Crippen LogP contribution in [-0.2, 0) is 0 Å². The molecule has 0 saturated heterocycles. The summed E-state index contributed by atoms with van der Waals surface area (Å²) in [6.45, 7) is 0. The Balaban J connectivity index is 1.12. The molecule has 9 heteroatoms. The number of nitrogens with zero attached hydrogens (tertiary/aromatic N) is 9. The zero-order valence-electron chi connectivity index (χ0n) is 50.1. The molecule has 93 heavy (non-hydrogen) atoms. The summed E-state index contributed by atoms with van der Waals surface area (Å²) >= 11 is 0. The Morgan fingerprint density at radius 3 is 0.849 bits per heavy atom. The fourth-order valence-electron chi connectivity index (χ4n) is 13.7. The minimum atomic E-state index is 0.442. The SMILES string of the molecule is c1ccc(-c2ccc3c(c2)c2ccccc2n3-c2cc(-c3nc(-c4ccccc4)nc(-c4ccccc4)n3)c(-n3c4ccccc4c4ccccc43)c(-c3nc(-c4ccccc4)nc(-c4ccccc4)n3)c2-n2c3ccccc3c3cc(-c4ccccc4)ccc32)cc1. The minimum Gasteiger partial charge on any atom is -0.308 e. The van der Waals surface area contributed by atoms with Crippen molar-refractivity contribution in [1.29, 1.82) is 0 Å². The Hall–Kier alpha value is -12.7. The monoisotopic (exact) mass is 1190 g/mol. The summed E-state index contributed by atoms with van der Waals surface area (Å²) in [6, 6.07) is 113. The number of rotatable bonds is 11. The fraction of sp³-hybridized carbons (Fsp3) is 0. The van der Waals surface area contributed by atoms with Gasteiger partial charge in [-0.25, -0.2) is 29.9 Å². The first-order chi connectivity index (χ1) is 46.1. The lowest BCUT2D eigenvalue weighted by Crippen LogP contribution is -2.14. The van der Waals surface area contributed by atoms with E-state index in [9.17, 15) is 0 Å². The van der Waals surface area contributed by atoms with Crippen LogP contribution in [0.3, 0.4) is 0 Å². The Morgan fingerprint density at radius 1 is 0.183 bits per heavy atom. The Morgan fingerprint density at radius 2 is 0.462 bits per heavy atom. The number of hydrogen-bond acceptors (Lipinski definition) is 6. The lowest BCUT2D eigenvalue weighted by molar-refractivity contribution is 1.03. The van der Waals surface area contributed by atoms with Crippen molar-refractivity contribution in [2.75, 3.05) is 0 Å². The van der Waals surface area contributed by atoms with Crippen LogP contribution in [0.2, 0.25) is 0 Å². The Labute approximate surface area is 535 Å². The highest BCUT2D eigenvalue weighted by atomic mass is 15.1. The molecule has 5 aromatic heterocycles. The van der Waals surface area contributed by atoms with E-state index in [0.717, 1.165) is 133 Å². The van der Waals surface area contributed by atoms with E-state index in [4.69, 9.17) is 29.9 Å². The summed E-state index contributed by atoms with van der Waals surface area (Å²) in [4.78, 5) is 33.9. The average molecular weight is 1190 g/mol. The second kappa shape index (κ2) is 22.1. The zero-order valence-corrected chi connectivity index (χ0v) is 50.1. The first kappa shape index (κ1) is 53.3. The predicted octanol–water partition coefficient (Wildman–Crippen LogP) is 20.7. The largest absolute Gasteiger partial charge is 0.308 e. The van der Waals surface area contributed by atoms with Crippen LogP contribution in [0, 0.1) is 0 Å². The Kier molecular flexibility index (Phi) is 12.7. The molecule has 0 aliphatic carbocycles. The normalized spacial score (nSPS) is 11.7. The molecule has 13 aromatic carbocycles. The average Bonchev–Trinajstić information content (AvgIpc) is 1.62. The van der Waals surface area contributed by atoms with Crippen LogP contribution in [0.5, 0.6) is 0 Å². The van der Waals surface area contributed by atoms with Crippen molar-refractivity contribution in [1.82, 2.24) is 43.6 Å². The van der Waals surface area contributed by atoms with Crippen LogP contribution < -0.4 is 0 Å². The highest BCUT2D eigenvalue weighted by molar-refractivity contribution is 6.16. The van der Waals surface area contributed by atoms with Gasteiger partial charge in [0.2, 0.25) is 0 Å². The van der Waals surface area contributed by atoms with Crippen LogP contribution in [0.15, 0.2) is 322 Å². The summed E-state index contributed by atoms with van der Waals surface area (Å²) in [5, 5.41) is 6.52. The van der Waals surface area contributed by atoms with E-state index >= 15 is 0 Å². The standard InChI is InChI=1S/C84H53N9/c1-7-27-54(28-8-1)60-47-49-73-66(51-60)64-41-21-23-43-69(64)91(73)75-53-68(83-87-79(56-31-11-3-12-32-56)85-80(88-83)57-33-13-4-14-34-57)77(92-70-44-24-19-39-62(70)63-40-20-25-45-71(63)92)76(84-89-81(58-35-15-5-16-36-58)86-82(90-84)59-37-17-6-18-38-59)78(75)93-72-46-26-22-42-65(72)67-52-61(48-50-74(67)93)55-29-9-2-10-30-55/h1-53H. The molecule has 434 valence electrons. The molecule has 0 aliphatic heterocycles. The molecule has 0 radical (unpaired) electrons. The van der Waals surface area contributed by atoms with E-state index in [1.807, 2.05) is 72.8 Å². The summed E-state index contributed by atoms with van der Waals surface area (Å²) in [6.07, 6.45) is 0. The maximum Gasteiger partial charge on any atom is 0.168 e. The van der Waals surface area contributed by atoms with Crippen LogP contribution in [0.4, 0.5) is 0 Å². The van der Waals surface area contributed by atoms with Gasteiger partial charge in [-0.3, -0.25) is 0 Å². The van der Waals surface area contributed by atoms with Gasteiger partial charge in [-0.2, -0.15) is 0 Å². The molecule has 0 aliphatic rings. The molecular formula is C84H53N9. The van der Waals surface area contributed by atoms with Gasteiger partial charge in [0.25, 0.3) is 0 Å². The molecule has 0 amide bonds. The van der Waals surface area contributed by atoms with Crippen LogP contribution in [0.25, 0.3) is 173 Å². The summed E-state index contributed by atoms with van der Waals surface area (Å²) in [5.74, 6) is 2.99. The van der Waals surface area contributed by atoms with Gasteiger partial charge in [0.15, 0.2) is 34.9 Å².